The van der Waals surface area contributed by atoms with E-state index in [1.165, 1.54) is 19.2 Å². The molecule has 0 atom stereocenters. The van der Waals surface area contributed by atoms with Crippen LogP contribution in [-0.4, -0.2) is 49.5 Å². The molecule has 1 fully saturated rings. The van der Waals surface area contributed by atoms with Gasteiger partial charge in [-0.2, -0.15) is 5.26 Å². The summed E-state index contributed by atoms with van der Waals surface area (Å²) in [6.45, 7) is -2.32. The molecule has 1 aliphatic rings. The van der Waals surface area contributed by atoms with E-state index in [1.807, 2.05) is 9.29 Å². The quantitative estimate of drug-likeness (QED) is 0.551. The number of nitriles is 1. The fourth-order valence-corrected chi connectivity index (χ4v) is 4.86. The van der Waals surface area contributed by atoms with Crippen LogP contribution in [0.2, 0.25) is 0 Å². The second kappa shape index (κ2) is 8.80. The highest BCUT2D eigenvalue weighted by molar-refractivity contribution is 7.89. The SMILES string of the molecule is COc1cnc2c(c1)c(C#N)c(-c1ccc(S(=O)(=O)NC(CF)CF)cn1)n2C1CCC1. The van der Waals surface area contributed by atoms with E-state index >= 15 is 0 Å². The Kier molecular flexibility index (Phi) is 6.08. The average molecular weight is 461 g/mol. The van der Waals surface area contributed by atoms with Crippen molar-refractivity contribution in [3.8, 4) is 23.2 Å². The summed E-state index contributed by atoms with van der Waals surface area (Å²) >= 11 is 0. The van der Waals surface area contributed by atoms with Gasteiger partial charge >= 0.3 is 0 Å². The molecule has 0 aliphatic heterocycles. The molecule has 32 heavy (non-hydrogen) atoms. The number of hydrogen-bond donors (Lipinski definition) is 1. The van der Waals surface area contributed by atoms with Crippen LogP contribution in [0, 0.1) is 11.3 Å². The number of fused-ring (bicyclic) bond motifs is 1. The molecule has 0 unspecified atom stereocenters. The van der Waals surface area contributed by atoms with Gasteiger partial charge in [0.25, 0.3) is 0 Å². The number of nitrogens with zero attached hydrogens (tertiary/aromatic N) is 4. The third-order valence-electron chi connectivity index (χ3n) is 5.59. The van der Waals surface area contributed by atoms with Gasteiger partial charge in [0.05, 0.1) is 36.3 Å². The van der Waals surface area contributed by atoms with Gasteiger partial charge in [0.1, 0.15) is 35.7 Å². The zero-order valence-corrected chi connectivity index (χ0v) is 18.1. The highest BCUT2D eigenvalue weighted by Gasteiger charge is 2.29. The van der Waals surface area contributed by atoms with E-state index in [2.05, 4.69) is 16.0 Å². The molecule has 1 N–H and O–H groups in total. The molecular weight excluding hydrogens is 440 g/mol. The van der Waals surface area contributed by atoms with Gasteiger partial charge in [0.2, 0.25) is 10.0 Å². The van der Waals surface area contributed by atoms with Crippen LogP contribution in [-0.2, 0) is 10.0 Å². The topological polar surface area (TPSA) is 110 Å². The normalized spacial score (nSPS) is 14.5. The van der Waals surface area contributed by atoms with Crippen molar-refractivity contribution in [2.75, 3.05) is 20.5 Å². The number of methoxy groups -OCH3 is 1. The predicted molar refractivity (Wildman–Crippen MR) is 113 cm³/mol. The van der Waals surface area contributed by atoms with Gasteiger partial charge in [0, 0.05) is 17.6 Å². The molecule has 0 amide bonds. The van der Waals surface area contributed by atoms with Crippen molar-refractivity contribution in [1.29, 1.82) is 5.26 Å². The van der Waals surface area contributed by atoms with Crippen molar-refractivity contribution < 1.29 is 21.9 Å². The van der Waals surface area contributed by atoms with Gasteiger partial charge in [-0.15, -0.1) is 0 Å². The van der Waals surface area contributed by atoms with Crippen LogP contribution in [0.4, 0.5) is 8.78 Å². The molecule has 0 bridgehead atoms. The minimum absolute atomic E-state index is 0.150. The minimum atomic E-state index is -4.15. The van der Waals surface area contributed by atoms with Crippen LogP contribution in [0.5, 0.6) is 5.75 Å². The van der Waals surface area contributed by atoms with Gasteiger partial charge < -0.3 is 9.30 Å². The fraction of sp³-hybridized carbons (Fsp3) is 0.381. The summed E-state index contributed by atoms with van der Waals surface area (Å²) in [7, 11) is -2.63. The fourth-order valence-electron chi connectivity index (χ4n) is 3.72. The smallest absolute Gasteiger partial charge is 0.242 e. The van der Waals surface area contributed by atoms with Crippen LogP contribution in [0.1, 0.15) is 30.9 Å². The second-order valence-corrected chi connectivity index (χ2v) is 9.26. The summed E-state index contributed by atoms with van der Waals surface area (Å²) in [5.41, 5.74) is 1.96. The molecular formula is C21H21F2N5O3S. The molecule has 168 valence electrons. The molecule has 3 aromatic heterocycles. The van der Waals surface area contributed by atoms with Crippen LogP contribution < -0.4 is 9.46 Å². The lowest BCUT2D eigenvalue weighted by molar-refractivity contribution is 0.322. The van der Waals surface area contributed by atoms with Crippen LogP contribution in [0.25, 0.3) is 22.4 Å². The molecule has 11 heteroatoms. The van der Waals surface area contributed by atoms with E-state index in [0.717, 1.165) is 25.5 Å². The Morgan fingerprint density at radius 3 is 2.56 bits per heavy atom. The van der Waals surface area contributed by atoms with Gasteiger partial charge in [-0.05, 0) is 37.5 Å². The number of nitrogens with one attached hydrogen (secondary N) is 1. The number of rotatable bonds is 8. The van der Waals surface area contributed by atoms with Crippen LogP contribution >= 0.6 is 0 Å². The lowest BCUT2D eigenvalue weighted by Crippen LogP contribution is -2.37. The Labute approximate surface area is 183 Å². The third kappa shape index (κ3) is 3.80. The van der Waals surface area contributed by atoms with Crippen molar-refractivity contribution in [3.05, 3.63) is 36.2 Å². The van der Waals surface area contributed by atoms with E-state index in [1.54, 1.807) is 12.3 Å². The number of hydrogen-bond acceptors (Lipinski definition) is 6. The second-order valence-electron chi connectivity index (χ2n) is 7.54. The molecule has 0 aromatic carbocycles. The number of pyridine rings is 2. The first kappa shape index (κ1) is 22.1. The zero-order chi connectivity index (χ0) is 22.9. The lowest BCUT2D eigenvalue weighted by atomic mass is 9.92. The molecule has 8 nitrogen and oxygen atoms in total. The highest BCUT2D eigenvalue weighted by Crippen LogP contribution is 2.42. The average Bonchev–Trinajstić information content (AvgIpc) is 3.09. The van der Waals surface area contributed by atoms with Crippen molar-refractivity contribution in [2.45, 2.75) is 36.2 Å². The molecule has 1 saturated carbocycles. The summed E-state index contributed by atoms with van der Waals surface area (Å²) in [6.07, 6.45) is 5.62. The third-order valence-corrected chi connectivity index (χ3v) is 7.09. The van der Waals surface area contributed by atoms with Gasteiger partial charge in [-0.25, -0.2) is 26.9 Å². The summed E-state index contributed by atoms with van der Waals surface area (Å²) in [6, 6.07) is 5.46. The molecule has 0 radical (unpaired) electrons. The maximum Gasteiger partial charge on any atom is 0.242 e. The number of ether oxygens (including phenoxy) is 1. The number of sulfonamides is 1. The summed E-state index contributed by atoms with van der Waals surface area (Å²) < 4.78 is 59.5. The standard InChI is InChI=1S/C21H21F2N5O3S/c1-31-15-7-17-18(10-24)20(28(14-3-2-4-14)21(17)26-11-15)19-6-5-16(12-25-19)32(29,30)27-13(8-22)9-23/h5-7,11-14,27H,2-4,8-9H2,1H3. The maximum absolute atomic E-state index is 12.8. The van der Waals surface area contributed by atoms with E-state index in [9.17, 15) is 22.5 Å². The highest BCUT2D eigenvalue weighted by atomic mass is 32.2. The molecule has 1 aliphatic carbocycles. The maximum atomic E-state index is 12.8. The lowest BCUT2D eigenvalue weighted by Gasteiger charge is -2.29. The zero-order valence-electron chi connectivity index (χ0n) is 17.3. The Bertz CT molecular complexity index is 1280. The molecule has 4 rings (SSSR count). The summed E-state index contributed by atoms with van der Waals surface area (Å²) in [5, 5.41) is 10.6. The number of halogens is 2. The molecule has 3 heterocycles. The first-order valence-electron chi connectivity index (χ1n) is 10.0. The predicted octanol–water partition coefficient (Wildman–Crippen LogP) is 3.29. The van der Waals surface area contributed by atoms with Gasteiger partial charge in [-0.1, -0.05) is 0 Å². The first-order valence-corrected chi connectivity index (χ1v) is 11.5. The van der Waals surface area contributed by atoms with Crippen LogP contribution in [0.3, 0.4) is 0 Å². The van der Waals surface area contributed by atoms with Gasteiger partial charge in [0.15, 0.2) is 0 Å². The Morgan fingerprint density at radius 1 is 1.28 bits per heavy atom. The molecule has 3 aromatic rings. The van der Waals surface area contributed by atoms with Crippen molar-refractivity contribution in [3.63, 3.8) is 0 Å². The largest absolute Gasteiger partial charge is 0.495 e. The Balaban J connectivity index is 1.82. The first-order chi connectivity index (χ1) is 15.4. The van der Waals surface area contributed by atoms with Crippen molar-refractivity contribution >= 4 is 21.1 Å². The number of alkyl halides is 2. The Morgan fingerprint density at radius 2 is 2.03 bits per heavy atom. The van der Waals surface area contributed by atoms with E-state index in [0.29, 0.717) is 33.7 Å². The van der Waals surface area contributed by atoms with E-state index in [4.69, 9.17) is 4.74 Å². The van der Waals surface area contributed by atoms with Crippen molar-refractivity contribution in [2.24, 2.45) is 0 Å². The van der Waals surface area contributed by atoms with E-state index < -0.39 is 29.4 Å². The van der Waals surface area contributed by atoms with Crippen molar-refractivity contribution in [1.82, 2.24) is 19.3 Å². The monoisotopic (exact) mass is 461 g/mol. The summed E-state index contributed by atoms with van der Waals surface area (Å²) in [5.74, 6) is 0.516. The minimum Gasteiger partial charge on any atom is -0.495 e. The number of aromatic nitrogens is 3. The molecule has 0 spiro atoms. The van der Waals surface area contributed by atoms with Crippen LogP contribution in [0.15, 0.2) is 35.5 Å². The molecule has 0 saturated heterocycles. The van der Waals surface area contributed by atoms with E-state index in [-0.39, 0.29) is 10.9 Å². The summed E-state index contributed by atoms with van der Waals surface area (Å²) in [4.78, 5) is 8.56. The van der Waals surface area contributed by atoms with Gasteiger partial charge in [-0.3, -0.25) is 4.98 Å². The Hall–Kier alpha value is -3.10.